The van der Waals surface area contributed by atoms with Gasteiger partial charge in [0, 0.05) is 11.6 Å². The van der Waals surface area contributed by atoms with E-state index in [0.717, 1.165) is 18.9 Å². The minimum atomic E-state index is -4.73. The molecule has 1 saturated carbocycles. The third-order valence-electron chi connectivity index (χ3n) is 4.50. The number of fused-ring (bicyclic) bond motifs is 1. The largest absolute Gasteiger partial charge is 0.496 e. The smallest absolute Gasteiger partial charge is 0.417 e. The Morgan fingerprint density at radius 3 is 2.63 bits per heavy atom. The van der Waals surface area contributed by atoms with Gasteiger partial charge in [-0.25, -0.2) is 4.98 Å². The lowest BCUT2D eigenvalue weighted by molar-refractivity contribution is -0.136. The zero-order valence-corrected chi connectivity index (χ0v) is 14.9. The maximum absolute atomic E-state index is 13.8. The zero-order chi connectivity index (χ0) is 19.3. The lowest BCUT2D eigenvalue weighted by atomic mass is 10.1. The molecule has 0 aliphatic heterocycles. The first kappa shape index (κ1) is 17.7. The summed E-state index contributed by atoms with van der Waals surface area (Å²) >= 11 is 5.19. The van der Waals surface area contributed by atoms with Crippen molar-refractivity contribution in [3.8, 4) is 17.0 Å². The first-order valence-corrected chi connectivity index (χ1v) is 8.62. The van der Waals surface area contributed by atoms with Gasteiger partial charge in [0.25, 0.3) is 5.56 Å². The fraction of sp³-hybridized carbons (Fsp3) is 0.278. The molecule has 27 heavy (non-hydrogen) atoms. The second-order valence-electron chi connectivity index (χ2n) is 6.31. The van der Waals surface area contributed by atoms with Gasteiger partial charge in [-0.3, -0.25) is 14.3 Å². The van der Waals surface area contributed by atoms with Crippen LogP contribution in [0.15, 0.2) is 35.1 Å². The number of alkyl halides is 3. The number of nitrogens with one attached hydrogen (secondary N) is 1. The number of methoxy groups -OCH3 is 1. The lowest BCUT2D eigenvalue weighted by Crippen LogP contribution is -2.20. The molecule has 1 aliphatic carbocycles. The van der Waals surface area contributed by atoms with Gasteiger partial charge >= 0.3 is 6.18 Å². The SMILES string of the molecule is COc1ccccc1-c1cc(C(F)(F)F)c2c(=O)[nH]c(=S)n(C3CC3)c2n1. The van der Waals surface area contributed by atoms with Gasteiger partial charge in [-0.2, -0.15) is 13.2 Å². The summed E-state index contributed by atoms with van der Waals surface area (Å²) in [6.07, 6.45) is -3.18. The van der Waals surface area contributed by atoms with Gasteiger partial charge in [-0.15, -0.1) is 0 Å². The van der Waals surface area contributed by atoms with E-state index in [9.17, 15) is 18.0 Å². The van der Waals surface area contributed by atoms with Crippen LogP contribution in [-0.2, 0) is 6.18 Å². The summed E-state index contributed by atoms with van der Waals surface area (Å²) in [5.41, 5.74) is -1.51. The van der Waals surface area contributed by atoms with Crippen LogP contribution in [0, 0.1) is 4.77 Å². The number of benzene rings is 1. The number of hydrogen-bond acceptors (Lipinski definition) is 4. The van der Waals surface area contributed by atoms with Crippen LogP contribution < -0.4 is 10.3 Å². The fourth-order valence-corrected chi connectivity index (χ4v) is 3.46. The molecule has 4 rings (SSSR count). The van der Waals surface area contributed by atoms with Crippen LogP contribution in [0.4, 0.5) is 13.2 Å². The number of pyridine rings is 1. The Kier molecular flexibility index (Phi) is 4.06. The van der Waals surface area contributed by atoms with E-state index < -0.39 is 22.7 Å². The van der Waals surface area contributed by atoms with Crippen molar-refractivity contribution >= 4 is 23.3 Å². The highest BCUT2D eigenvalue weighted by atomic mass is 32.1. The Morgan fingerprint density at radius 1 is 1.30 bits per heavy atom. The average molecular weight is 393 g/mol. The number of hydrogen-bond donors (Lipinski definition) is 1. The number of para-hydroxylation sites is 1. The van der Waals surface area contributed by atoms with E-state index in [2.05, 4.69) is 9.97 Å². The molecule has 0 saturated heterocycles. The number of halogens is 3. The van der Waals surface area contributed by atoms with Gasteiger partial charge in [-0.05, 0) is 43.3 Å². The van der Waals surface area contributed by atoms with E-state index in [1.807, 2.05) is 0 Å². The zero-order valence-electron chi connectivity index (χ0n) is 14.1. The maximum Gasteiger partial charge on any atom is 0.417 e. The van der Waals surface area contributed by atoms with Crippen LogP contribution >= 0.6 is 12.2 Å². The molecule has 0 atom stereocenters. The predicted octanol–water partition coefficient (Wildman–Crippen LogP) is 4.48. The van der Waals surface area contributed by atoms with Gasteiger partial charge < -0.3 is 4.74 Å². The highest BCUT2D eigenvalue weighted by Crippen LogP contribution is 2.41. The quantitative estimate of drug-likeness (QED) is 0.667. The van der Waals surface area contributed by atoms with Crippen molar-refractivity contribution in [3.63, 3.8) is 0 Å². The molecule has 0 amide bonds. The summed E-state index contributed by atoms with van der Waals surface area (Å²) in [5, 5.41) is -0.498. The second-order valence-corrected chi connectivity index (χ2v) is 6.70. The summed E-state index contributed by atoms with van der Waals surface area (Å²) in [7, 11) is 1.43. The highest BCUT2D eigenvalue weighted by molar-refractivity contribution is 7.71. The summed E-state index contributed by atoms with van der Waals surface area (Å²) in [6, 6.07) is 7.48. The Hall–Kier alpha value is -2.68. The van der Waals surface area contributed by atoms with E-state index in [0.29, 0.717) is 11.3 Å². The molecule has 3 aromatic rings. The van der Waals surface area contributed by atoms with Gasteiger partial charge in [-0.1, -0.05) is 12.1 Å². The highest BCUT2D eigenvalue weighted by Gasteiger charge is 2.37. The molecule has 0 unspecified atom stereocenters. The average Bonchev–Trinajstić information content (AvgIpc) is 3.44. The Bertz CT molecular complexity index is 1160. The van der Waals surface area contributed by atoms with Crippen LogP contribution in [0.25, 0.3) is 22.3 Å². The molecule has 1 fully saturated rings. The normalized spacial score (nSPS) is 14.5. The molecule has 1 N–H and O–H groups in total. The lowest BCUT2D eigenvalue weighted by Gasteiger charge is -2.16. The standard InChI is InChI=1S/C18H14F3N3O2S/c1-26-13-5-3-2-4-10(13)12-8-11(18(19,20)21)14-15(22-12)24(9-6-7-9)17(27)23-16(14)25/h2-5,8-9H,6-7H2,1H3,(H,23,25,27). The van der Waals surface area contributed by atoms with Crippen molar-refractivity contribution in [2.75, 3.05) is 7.11 Å². The minimum Gasteiger partial charge on any atom is -0.496 e. The molecule has 2 heterocycles. The van der Waals surface area contributed by atoms with Crippen molar-refractivity contribution in [2.24, 2.45) is 0 Å². The Morgan fingerprint density at radius 2 is 2.00 bits per heavy atom. The third-order valence-corrected chi connectivity index (χ3v) is 4.79. The van der Waals surface area contributed by atoms with Crippen molar-refractivity contribution in [2.45, 2.75) is 25.1 Å². The maximum atomic E-state index is 13.8. The van der Waals surface area contributed by atoms with E-state index in [4.69, 9.17) is 17.0 Å². The van der Waals surface area contributed by atoms with Gasteiger partial charge in [0.2, 0.25) is 0 Å². The molecular weight excluding hydrogens is 379 g/mol. The molecule has 0 bridgehead atoms. The summed E-state index contributed by atoms with van der Waals surface area (Å²) in [6.45, 7) is 0. The topological polar surface area (TPSA) is 59.9 Å². The summed E-state index contributed by atoms with van der Waals surface area (Å²) in [4.78, 5) is 19.1. The van der Waals surface area contributed by atoms with Crippen molar-refractivity contribution in [3.05, 3.63) is 51.0 Å². The first-order valence-electron chi connectivity index (χ1n) is 8.21. The van der Waals surface area contributed by atoms with Crippen molar-refractivity contribution in [1.29, 1.82) is 0 Å². The van der Waals surface area contributed by atoms with Crippen LogP contribution in [0.5, 0.6) is 5.75 Å². The molecule has 1 aromatic carbocycles. The molecular formula is C18H14F3N3O2S. The number of ether oxygens (including phenoxy) is 1. The molecule has 0 spiro atoms. The molecule has 5 nitrogen and oxygen atoms in total. The Labute approximate surface area is 156 Å². The minimum absolute atomic E-state index is 0.0537. The van der Waals surface area contributed by atoms with Gasteiger partial charge in [0.15, 0.2) is 4.77 Å². The molecule has 140 valence electrons. The van der Waals surface area contributed by atoms with E-state index in [-0.39, 0.29) is 22.2 Å². The number of aromatic amines is 1. The van der Waals surface area contributed by atoms with Crippen LogP contribution in [0.1, 0.15) is 24.4 Å². The van der Waals surface area contributed by atoms with Crippen molar-refractivity contribution in [1.82, 2.24) is 14.5 Å². The molecule has 9 heteroatoms. The number of aromatic nitrogens is 3. The summed E-state index contributed by atoms with van der Waals surface area (Å²) < 4.78 is 48.2. The van der Waals surface area contributed by atoms with Gasteiger partial charge in [0.1, 0.15) is 11.4 Å². The fourth-order valence-electron chi connectivity index (χ4n) is 3.14. The second kappa shape index (κ2) is 6.19. The monoisotopic (exact) mass is 393 g/mol. The number of nitrogens with zero attached hydrogens (tertiary/aromatic N) is 2. The molecule has 0 radical (unpaired) electrons. The van der Waals surface area contributed by atoms with Crippen LogP contribution in [0.2, 0.25) is 0 Å². The number of H-pyrrole nitrogens is 1. The third kappa shape index (κ3) is 3.01. The van der Waals surface area contributed by atoms with E-state index >= 15 is 0 Å². The van der Waals surface area contributed by atoms with Crippen LogP contribution in [-0.4, -0.2) is 21.6 Å². The first-order chi connectivity index (χ1) is 12.8. The van der Waals surface area contributed by atoms with E-state index in [1.165, 1.54) is 11.7 Å². The molecule has 2 aromatic heterocycles. The number of rotatable bonds is 3. The molecule has 1 aliphatic rings. The Balaban J connectivity index is 2.16. The van der Waals surface area contributed by atoms with Crippen molar-refractivity contribution < 1.29 is 17.9 Å². The predicted molar refractivity (Wildman–Crippen MR) is 96.4 cm³/mol. The van der Waals surface area contributed by atoms with E-state index in [1.54, 1.807) is 24.3 Å². The summed E-state index contributed by atoms with van der Waals surface area (Å²) in [5.74, 6) is 0.388. The van der Waals surface area contributed by atoms with Crippen LogP contribution in [0.3, 0.4) is 0 Å². The van der Waals surface area contributed by atoms with Gasteiger partial charge in [0.05, 0.1) is 23.8 Å².